The molecule has 0 aliphatic rings. The summed E-state index contributed by atoms with van der Waals surface area (Å²) in [4.78, 5) is 9.79. The highest BCUT2D eigenvalue weighted by Gasteiger charge is 2.13. The van der Waals surface area contributed by atoms with E-state index in [-0.39, 0.29) is 10.7 Å². The minimum atomic E-state index is -0.600. The van der Waals surface area contributed by atoms with Crippen LogP contribution in [-0.2, 0) is 0 Å². The fourth-order valence-electron chi connectivity index (χ4n) is 0.840. The Kier molecular flexibility index (Phi) is 2.81. The second kappa shape index (κ2) is 3.86. The van der Waals surface area contributed by atoms with Crippen molar-refractivity contribution in [3.8, 4) is 0 Å². The Morgan fingerprint density at radius 3 is 2.85 bits per heavy atom. The molecule has 68 valence electrons. The van der Waals surface area contributed by atoms with Gasteiger partial charge in [0.1, 0.15) is 5.02 Å². The van der Waals surface area contributed by atoms with E-state index in [0.29, 0.717) is 5.56 Å². The van der Waals surface area contributed by atoms with E-state index in [1.54, 1.807) is 0 Å². The zero-order valence-corrected chi connectivity index (χ0v) is 7.10. The normalized spacial score (nSPS) is 10.5. The highest BCUT2D eigenvalue weighted by molar-refractivity contribution is 6.35. The Hall–Kier alpha value is -1.62. The first-order chi connectivity index (χ1) is 6.16. The van der Waals surface area contributed by atoms with Crippen LogP contribution in [0.25, 0.3) is 0 Å². The third kappa shape index (κ3) is 1.94. The summed E-state index contributed by atoms with van der Waals surface area (Å²) < 4.78 is 0. The molecule has 1 rings (SSSR count). The average molecular weight is 201 g/mol. The van der Waals surface area contributed by atoms with E-state index in [0.717, 1.165) is 6.21 Å². The van der Waals surface area contributed by atoms with Crippen molar-refractivity contribution in [3.05, 3.63) is 38.9 Å². The van der Waals surface area contributed by atoms with Crippen LogP contribution in [0.4, 0.5) is 5.69 Å². The van der Waals surface area contributed by atoms with Crippen LogP contribution in [-0.4, -0.2) is 16.3 Å². The lowest BCUT2D eigenvalue weighted by molar-refractivity contribution is -0.384. The van der Waals surface area contributed by atoms with Crippen molar-refractivity contribution in [1.29, 1.82) is 0 Å². The first-order valence-electron chi connectivity index (χ1n) is 3.27. The second-order valence-electron chi connectivity index (χ2n) is 2.18. The standard InChI is InChI=1S/C7H5ClN2O3/c8-7-5(4-9-11)2-1-3-6(7)10(12)13/h1-4,11H/b9-4-. The maximum Gasteiger partial charge on any atom is 0.288 e. The summed E-state index contributed by atoms with van der Waals surface area (Å²) in [6.07, 6.45) is 1.04. The lowest BCUT2D eigenvalue weighted by Gasteiger charge is -1.97. The first-order valence-corrected chi connectivity index (χ1v) is 3.65. The smallest absolute Gasteiger partial charge is 0.288 e. The predicted octanol–water partition coefficient (Wildman–Crippen LogP) is 2.06. The number of hydrogen-bond donors (Lipinski definition) is 1. The Bertz CT molecular complexity index is 365. The summed E-state index contributed by atoms with van der Waals surface area (Å²) in [5, 5.41) is 21.3. The van der Waals surface area contributed by atoms with E-state index in [2.05, 4.69) is 5.16 Å². The fourth-order valence-corrected chi connectivity index (χ4v) is 1.08. The molecule has 0 radical (unpaired) electrons. The van der Waals surface area contributed by atoms with Crippen LogP contribution < -0.4 is 0 Å². The van der Waals surface area contributed by atoms with E-state index in [1.807, 2.05) is 0 Å². The van der Waals surface area contributed by atoms with Crippen molar-refractivity contribution in [2.24, 2.45) is 5.16 Å². The Morgan fingerprint density at radius 1 is 1.62 bits per heavy atom. The van der Waals surface area contributed by atoms with E-state index in [4.69, 9.17) is 16.8 Å². The minimum Gasteiger partial charge on any atom is -0.411 e. The van der Waals surface area contributed by atoms with E-state index < -0.39 is 4.92 Å². The topological polar surface area (TPSA) is 75.7 Å². The third-order valence-electron chi connectivity index (χ3n) is 1.40. The third-order valence-corrected chi connectivity index (χ3v) is 1.81. The predicted molar refractivity (Wildman–Crippen MR) is 47.5 cm³/mol. The molecule has 0 aliphatic heterocycles. The van der Waals surface area contributed by atoms with Crippen molar-refractivity contribution in [2.75, 3.05) is 0 Å². The van der Waals surface area contributed by atoms with Crippen molar-refractivity contribution >= 4 is 23.5 Å². The van der Waals surface area contributed by atoms with Gasteiger partial charge >= 0.3 is 0 Å². The number of nitrogens with zero attached hydrogens (tertiary/aromatic N) is 2. The Labute approximate surface area is 78.4 Å². The molecule has 0 unspecified atom stereocenters. The summed E-state index contributed by atoms with van der Waals surface area (Å²) in [5.74, 6) is 0. The number of rotatable bonds is 2. The van der Waals surface area contributed by atoms with Gasteiger partial charge < -0.3 is 5.21 Å². The van der Waals surface area contributed by atoms with Crippen LogP contribution in [0.1, 0.15) is 5.56 Å². The van der Waals surface area contributed by atoms with Gasteiger partial charge in [0.15, 0.2) is 0 Å². The lowest BCUT2D eigenvalue weighted by Crippen LogP contribution is -1.92. The largest absolute Gasteiger partial charge is 0.411 e. The van der Waals surface area contributed by atoms with Crippen molar-refractivity contribution < 1.29 is 10.1 Å². The first kappa shape index (κ1) is 9.47. The molecule has 0 heterocycles. The van der Waals surface area contributed by atoms with E-state index >= 15 is 0 Å². The molecule has 0 saturated heterocycles. The molecule has 0 atom stereocenters. The van der Waals surface area contributed by atoms with Gasteiger partial charge in [-0.15, -0.1) is 0 Å². The number of benzene rings is 1. The van der Waals surface area contributed by atoms with Gasteiger partial charge in [-0.25, -0.2) is 0 Å². The molecule has 0 fully saturated rings. The van der Waals surface area contributed by atoms with Gasteiger partial charge in [-0.3, -0.25) is 10.1 Å². The molecule has 0 bridgehead atoms. The van der Waals surface area contributed by atoms with Crippen LogP contribution in [0.15, 0.2) is 23.4 Å². The molecule has 0 aromatic heterocycles. The zero-order valence-electron chi connectivity index (χ0n) is 6.35. The highest BCUT2D eigenvalue weighted by Crippen LogP contribution is 2.26. The van der Waals surface area contributed by atoms with Crippen molar-refractivity contribution in [3.63, 3.8) is 0 Å². The Morgan fingerprint density at radius 2 is 2.31 bits per heavy atom. The van der Waals surface area contributed by atoms with Crippen LogP contribution in [0.2, 0.25) is 5.02 Å². The molecule has 5 nitrogen and oxygen atoms in total. The number of oxime groups is 1. The minimum absolute atomic E-state index is 0.0368. The van der Waals surface area contributed by atoms with Gasteiger partial charge in [0, 0.05) is 11.6 Å². The molecule has 0 saturated carbocycles. The number of nitro groups is 1. The maximum absolute atomic E-state index is 10.4. The molecule has 0 aliphatic carbocycles. The monoisotopic (exact) mass is 200 g/mol. The second-order valence-corrected chi connectivity index (χ2v) is 2.56. The van der Waals surface area contributed by atoms with Gasteiger partial charge in [0.25, 0.3) is 5.69 Å². The van der Waals surface area contributed by atoms with Crippen molar-refractivity contribution in [2.45, 2.75) is 0 Å². The fraction of sp³-hybridized carbons (Fsp3) is 0. The SMILES string of the molecule is O=[N+]([O-])c1cccc(/C=N\O)c1Cl. The molecular weight excluding hydrogens is 196 g/mol. The number of halogens is 1. The zero-order chi connectivity index (χ0) is 9.84. The molecule has 1 aromatic rings. The lowest BCUT2D eigenvalue weighted by atomic mass is 10.2. The van der Waals surface area contributed by atoms with E-state index in [1.165, 1.54) is 18.2 Å². The molecule has 1 aromatic carbocycles. The molecule has 1 N–H and O–H groups in total. The van der Waals surface area contributed by atoms with Crippen LogP contribution in [0, 0.1) is 10.1 Å². The van der Waals surface area contributed by atoms with E-state index in [9.17, 15) is 10.1 Å². The Balaban J connectivity index is 3.26. The van der Waals surface area contributed by atoms with Crippen LogP contribution in [0.3, 0.4) is 0 Å². The molecule has 0 amide bonds. The number of hydrogen-bond acceptors (Lipinski definition) is 4. The summed E-state index contributed by atoms with van der Waals surface area (Å²) in [7, 11) is 0. The average Bonchev–Trinajstić information content (AvgIpc) is 2.08. The van der Waals surface area contributed by atoms with Gasteiger partial charge in [-0.1, -0.05) is 28.9 Å². The summed E-state index contributed by atoms with van der Waals surface area (Å²) in [6, 6.07) is 4.24. The van der Waals surface area contributed by atoms with Crippen LogP contribution in [0.5, 0.6) is 0 Å². The highest BCUT2D eigenvalue weighted by atomic mass is 35.5. The van der Waals surface area contributed by atoms with Gasteiger partial charge in [0.05, 0.1) is 11.1 Å². The molecule has 6 heteroatoms. The van der Waals surface area contributed by atoms with Gasteiger partial charge in [0.2, 0.25) is 0 Å². The van der Waals surface area contributed by atoms with Gasteiger partial charge in [-0.2, -0.15) is 0 Å². The number of nitro benzene ring substituents is 1. The molecule has 13 heavy (non-hydrogen) atoms. The summed E-state index contributed by atoms with van der Waals surface area (Å²) in [5.41, 5.74) is 0.0948. The van der Waals surface area contributed by atoms with Crippen LogP contribution >= 0.6 is 11.6 Å². The quantitative estimate of drug-likeness (QED) is 0.344. The maximum atomic E-state index is 10.4. The molecular formula is C7H5ClN2O3. The summed E-state index contributed by atoms with van der Waals surface area (Å²) in [6.45, 7) is 0. The van der Waals surface area contributed by atoms with Crippen molar-refractivity contribution in [1.82, 2.24) is 0 Å². The van der Waals surface area contributed by atoms with Gasteiger partial charge in [-0.05, 0) is 0 Å². The molecule has 0 spiro atoms. The summed E-state index contributed by atoms with van der Waals surface area (Å²) >= 11 is 5.64.